The Labute approximate surface area is 120 Å². The summed E-state index contributed by atoms with van der Waals surface area (Å²) < 4.78 is 37.7. The van der Waals surface area contributed by atoms with E-state index < -0.39 is 18.3 Å². The Hall–Kier alpha value is -1.60. The van der Waals surface area contributed by atoms with Crippen molar-refractivity contribution >= 4 is 11.6 Å². The van der Waals surface area contributed by atoms with Gasteiger partial charge in [0.25, 0.3) is 0 Å². The van der Waals surface area contributed by atoms with Crippen LogP contribution in [-0.2, 0) is 4.79 Å². The maximum atomic E-state index is 12.6. The number of likely N-dealkylation sites (tertiary alicyclic amines) is 1. The Balaban J connectivity index is 1.93. The second-order valence-electron chi connectivity index (χ2n) is 5.08. The molecule has 1 amide bonds. The number of aliphatic hydroxyl groups is 1. The number of benzene rings is 1. The predicted octanol–water partition coefficient (Wildman–Crippen LogP) is 2.01. The fourth-order valence-electron chi connectivity index (χ4n) is 2.53. The summed E-state index contributed by atoms with van der Waals surface area (Å²) in [6, 6.07) is 7.65. The Morgan fingerprint density at radius 2 is 2.05 bits per heavy atom. The van der Waals surface area contributed by atoms with E-state index in [1.54, 1.807) is 30.3 Å². The number of nitrogens with one attached hydrogen (secondary N) is 1. The van der Waals surface area contributed by atoms with E-state index in [0.29, 0.717) is 18.7 Å². The van der Waals surface area contributed by atoms with Gasteiger partial charge >= 0.3 is 6.18 Å². The number of hydrogen-bond donors (Lipinski definition) is 2. The lowest BCUT2D eigenvalue weighted by atomic mass is 10.1. The van der Waals surface area contributed by atoms with Crippen molar-refractivity contribution in [3.05, 3.63) is 30.3 Å². The van der Waals surface area contributed by atoms with Crippen molar-refractivity contribution in [2.24, 2.45) is 0 Å². The molecule has 0 radical (unpaired) electrons. The van der Waals surface area contributed by atoms with E-state index in [1.165, 1.54) is 4.90 Å². The molecule has 0 saturated carbocycles. The first-order valence-corrected chi connectivity index (χ1v) is 6.71. The molecule has 1 aromatic rings. The van der Waals surface area contributed by atoms with Crippen molar-refractivity contribution in [2.45, 2.75) is 31.2 Å². The van der Waals surface area contributed by atoms with E-state index in [4.69, 9.17) is 0 Å². The molecule has 2 N–H and O–H groups in total. The van der Waals surface area contributed by atoms with Crippen LogP contribution in [0.1, 0.15) is 12.8 Å². The third kappa shape index (κ3) is 4.18. The predicted molar refractivity (Wildman–Crippen MR) is 71.7 cm³/mol. The number of aliphatic hydroxyl groups excluding tert-OH is 1. The third-order valence-electron chi connectivity index (χ3n) is 3.52. The van der Waals surface area contributed by atoms with Gasteiger partial charge in [-0.3, -0.25) is 9.69 Å². The van der Waals surface area contributed by atoms with Crippen LogP contribution in [0.3, 0.4) is 0 Å². The zero-order chi connectivity index (χ0) is 15.5. The second kappa shape index (κ2) is 6.44. The Morgan fingerprint density at radius 1 is 1.38 bits per heavy atom. The topological polar surface area (TPSA) is 52.6 Å². The summed E-state index contributed by atoms with van der Waals surface area (Å²) in [5.74, 6) is -0.387. The molecule has 1 saturated heterocycles. The minimum Gasteiger partial charge on any atom is -0.382 e. The smallest absolute Gasteiger partial charge is 0.382 e. The molecule has 0 aromatic heterocycles. The lowest BCUT2D eigenvalue weighted by Gasteiger charge is -2.29. The standard InChI is InChI=1S/C14H17F3N2O2/c15-14(16,17)13(21)11-7-4-8-19(11)9-12(20)18-10-5-2-1-3-6-10/h1-3,5-6,11,13,21H,4,7-9H2,(H,18,20). The molecule has 2 atom stereocenters. The highest BCUT2D eigenvalue weighted by Gasteiger charge is 2.47. The number of hydrogen-bond acceptors (Lipinski definition) is 3. The molecular formula is C14H17F3N2O2. The molecular weight excluding hydrogens is 285 g/mol. The summed E-state index contributed by atoms with van der Waals surface area (Å²) in [5, 5.41) is 12.0. The highest BCUT2D eigenvalue weighted by atomic mass is 19.4. The molecule has 1 aromatic carbocycles. The number of nitrogens with zero attached hydrogens (tertiary/aromatic N) is 1. The fraction of sp³-hybridized carbons (Fsp3) is 0.500. The number of rotatable bonds is 4. The first-order chi connectivity index (χ1) is 9.88. The van der Waals surface area contributed by atoms with Gasteiger partial charge in [-0.2, -0.15) is 13.2 Å². The van der Waals surface area contributed by atoms with E-state index in [2.05, 4.69) is 5.32 Å². The van der Waals surface area contributed by atoms with Crippen LogP contribution in [0.4, 0.5) is 18.9 Å². The normalized spacial score (nSPS) is 21.2. The molecule has 2 unspecified atom stereocenters. The lowest BCUT2D eigenvalue weighted by Crippen LogP contribution is -2.49. The number of alkyl halides is 3. The molecule has 1 fully saturated rings. The van der Waals surface area contributed by atoms with Crippen molar-refractivity contribution in [3.63, 3.8) is 0 Å². The van der Waals surface area contributed by atoms with Crippen molar-refractivity contribution in [1.82, 2.24) is 4.90 Å². The maximum absolute atomic E-state index is 12.6. The zero-order valence-electron chi connectivity index (χ0n) is 11.3. The van der Waals surface area contributed by atoms with E-state index in [-0.39, 0.29) is 18.9 Å². The zero-order valence-corrected chi connectivity index (χ0v) is 11.3. The fourth-order valence-corrected chi connectivity index (χ4v) is 2.53. The molecule has 4 nitrogen and oxygen atoms in total. The molecule has 0 spiro atoms. The Bertz CT molecular complexity index is 479. The largest absolute Gasteiger partial charge is 0.415 e. The molecule has 0 aliphatic carbocycles. The number of halogens is 3. The van der Waals surface area contributed by atoms with Crippen LogP contribution >= 0.6 is 0 Å². The van der Waals surface area contributed by atoms with Crippen LogP contribution in [-0.4, -0.2) is 47.3 Å². The maximum Gasteiger partial charge on any atom is 0.415 e. The summed E-state index contributed by atoms with van der Waals surface area (Å²) >= 11 is 0. The van der Waals surface area contributed by atoms with Crippen molar-refractivity contribution in [3.8, 4) is 0 Å². The summed E-state index contributed by atoms with van der Waals surface area (Å²) in [6.45, 7) is 0.215. The number of carbonyl (C=O) groups excluding carboxylic acids is 1. The lowest BCUT2D eigenvalue weighted by molar-refractivity contribution is -0.219. The van der Waals surface area contributed by atoms with Crippen LogP contribution in [0.5, 0.6) is 0 Å². The minimum atomic E-state index is -4.66. The molecule has 21 heavy (non-hydrogen) atoms. The average Bonchev–Trinajstić information content (AvgIpc) is 2.85. The first-order valence-electron chi connectivity index (χ1n) is 6.71. The molecule has 116 valence electrons. The van der Waals surface area contributed by atoms with Gasteiger partial charge in [0.05, 0.1) is 6.54 Å². The molecule has 7 heteroatoms. The van der Waals surface area contributed by atoms with Crippen molar-refractivity contribution < 1.29 is 23.1 Å². The summed E-state index contributed by atoms with van der Waals surface area (Å²) in [7, 11) is 0. The molecule has 0 bridgehead atoms. The number of para-hydroxylation sites is 1. The van der Waals surface area contributed by atoms with Crippen LogP contribution in [0.15, 0.2) is 30.3 Å². The summed E-state index contributed by atoms with van der Waals surface area (Å²) in [6.07, 6.45) is -6.30. The van der Waals surface area contributed by atoms with Crippen molar-refractivity contribution in [1.29, 1.82) is 0 Å². The second-order valence-corrected chi connectivity index (χ2v) is 5.08. The van der Waals surface area contributed by atoms with Gasteiger partial charge in [0.2, 0.25) is 5.91 Å². The Morgan fingerprint density at radius 3 is 2.67 bits per heavy atom. The van der Waals surface area contributed by atoms with E-state index in [0.717, 1.165) is 0 Å². The summed E-state index contributed by atoms with van der Waals surface area (Å²) in [5.41, 5.74) is 0.592. The molecule has 1 aliphatic heterocycles. The number of anilines is 1. The number of amides is 1. The number of carbonyl (C=O) groups is 1. The van der Waals surface area contributed by atoms with Crippen LogP contribution in [0.2, 0.25) is 0 Å². The SMILES string of the molecule is O=C(CN1CCCC1C(O)C(F)(F)F)Nc1ccccc1. The quantitative estimate of drug-likeness (QED) is 0.894. The summed E-state index contributed by atoms with van der Waals surface area (Å²) in [4.78, 5) is 13.3. The van der Waals surface area contributed by atoms with E-state index in [9.17, 15) is 23.1 Å². The monoisotopic (exact) mass is 302 g/mol. The Kier molecular flexibility index (Phi) is 4.84. The molecule has 1 aliphatic rings. The van der Waals surface area contributed by atoms with Gasteiger partial charge < -0.3 is 10.4 Å². The molecule has 2 rings (SSSR count). The van der Waals surface area contributed by atoms with Gasteiger partial charge in [-0.25, -0.2) is 0 Å². The van der Waals surface area contributed by atoms with Crippen molar-refractivity contribution in [2.75, 3.05) is 18.4 Å². The minimum absolute atomic E-state index is 0.160. The first kappa shape index (κ1) is 15.8. The highest BCUT2D eigenvalue weighted by molar-refractivity contribution is 5.92. The van der Waals surface area contributed by atoms with Crippen LogP contribution < -0.4 is 5.32 Å². The van der Waals surface area contributed by atoms with Gasteiger partial charge in [0.15, 0.2) is 6.10 Å². The van der Waals surface area contributed by atoms with E-state index >= 15 is 0 Å². The van der Waals surface area contributed by atoms with Gasteiger partial charge in [0.1, 0.15) is 0 Å². The van der Waals surface area contributed by atoms with Gasteiger partial charge in [-0.1, -0.05) is 18.2 Å². The highest BCUT2D eigenvalue weighted by Crippen LogP contribution is 2.30. The molecule has 1 heterocycles. The average molecular weight is 302 g/mol. The van der Waals surface area contributed by atoms with Crippen LogP contribution in [0.25, 0.3) is 0 Å². The van der Waals surface area contributed by atoms with Gasteiger partial charge in [-0.05, 0) is 31.5 Å². The van der Waals surface area contributed by atoms with Gasteiger partial charge in [0, 0.05) is 11.7 Å². The van der Waals surface area contributed by atoms with Gasteiger partial charge in [-0.15, -0.1) is 0 Å². The third-order valence-corrected chi connectivity index (χ3v) is 3.52. The van der Waals surface area contributed by atoms with Crippen LogP contribution in [0, 0.1) is 0 Å². The van der Waals surface area contributed by atoms with E-state index in [1.807, 2.05) is 0 Å².